The van der Waals surface area contributed by atoms with Gasteiger partial charge in [0.1, 0.15) is 23.1 Å². The minimum absolute atomic E-state index is 0.170. The van der Waals surface area contributed by atoms with Gasteiger partial charge in [0, 0.05) is 5.38 Å². The monoisotopic (exact) mass is 344 g/mol. The molecule has 1 N–H and O–H groups in total. The predicted octanol–water partition coefficient (Wildman–Crippen LogP) is 3.99. The zero-order chi connectivity index (χ0) is 16.1. The molecular formula is C17H16N2O2S2. The molecular weight excluding hydrogens is 328 g/mol. The Morgan fingerprint density at radius 1 is 1.22 bits per heavy atom. The smallest absolute Gasteiger partial charge is 0.270 e. The van der Waals surface area contributed by atoms with Crippen LogP contribution in [0.1, 0.15) is 16.1 Å². The van der Waals surface area contributed by atoms with Gasteiger partial charge < -0.3 is 10.1 Å². The number of ether oxygens (including phenoxy) is 1. The van der Waals surface area contributed by atoms with E-state index < -0.39 is 0 Å². The summed E-state index contributed by atoms with van der Waals surface area (Å²) in [7, 11) is 0. The zero-order valence-electron chi connectivity index (χ0n) is 12.6. The van der Waals surface area contributed by atoms with E-state index >= 15 is 0 Å². The summed E-state index contributed by atoms with van der Waals surface area (Å²) in [5.74, 6) is 0.634. The summed E-state index contributed by atoms with van der Waals surface area (Å²) in [5.41, 5.74) is 1.64. The topological polar surface area (TPSA) is 51.2 Å². The van der Waals surface area contributed by atoms with Crippen LogP contribution < -0.4 is 10.1 Å². The summed E-state index contributed by atoms with van der Waals surface area (Å²) in [6.45, 7) is 2.90. The van der Waals surface area contributed by atoms with Crippen molar-refractivity contribution >= 4 is 28.6 Å². The average Bonchev–Trinajstić information content (AvgIpc) is 3.23. The molecule has 3 rings (SSSR count). The quantitative estimate of drug-likeness (QED) is 0.688. The first-order valence-electron chi connectivity index (χ1n) is 7.19. The molecule has 0 aliphatic carbocycles. The van der Waals surface area contributed by atoms with Gasteiger partial charge in [-0.25, -0.2) is 4.98 Å². The minimum Gasteiger partial charge on any atom is -0.492 e. The van der Waals surface area contributed by atoms with E-state index in [0.29, 0.717) is 18.8 Å². The van der Waals surface area contributed by atoms with E-state index in [1.165, 1.54) is 16.9 Å². The third kappa shape index (κ3) is 4.18. The van der Waals surface area contributed by atoms with Crippen molar-refractivity contribution in [2.45, 2.75) is 6.92 Å². The van der Waals surface area contributed by atoms with E-state index in [-0.39, 0.29) is 5.91 Å². The molecule has 0 aliphatic rings. The molecule has 1 amide bonds. The maximum absolute atomic E-state index is 12.1. The van der Waals surface area contributed by atoms with Crippen molar-refractivity contribution in [3.05, 3.63) is 58.4 Å². The van der Waals surface area contributed by atoms with Crippen molar-refractivity contribution in [1.29, 1.82) is 0 Å². The molecule has 118 valence electrons. The molecule has 0 fully saturated rings. The molecule has 0 atom stereocenters. The standard InChI is InChI=1S/C17H16N2O2S2/c1-12-4-6-13(7-5-12)21-9-8-18-16(20)14-11-23-17(19-14)15-3-2-10-22-15/h2-7,10-11H,8-9H2,1H3,(H,18,20). The number of carbonyl (C=O) groups is 1. The Morgan fingerprint density at radius 3 is 2.78 bits per heavy atom. The van der Waals surface area contributed by atoms with Gasteiger partial charge in [0.25, 0.3) is 5.91 Å². The normalized spacial score (nSPS) is 10.5. The first-order valence-corrected chi connectivity index (χ1v) is 8.95. The molecule has 1 aromatic carbocycles. The Morgan fingerprint density at radius 2 is 2.04 bits per heavy atom. The number of benzene rings is 1. The average molecular weight is 344 g/mol. The highest BCUT2D eigenvalue weighted by Crippen LogP contribution is 2.27. The number of amides is 1. The highest BCUT2D eigenvalue weighted by atomic mass is 32.1. The van der Waals surface area contributed by atoms with Gasteiger partial charge in [-0.1, -0.05) is 23.8 Å². The highest BCUT2D eigenvalue weighted by molar-refractivity contribution is 7.20. The van der Waals surface area contributed by atoms with Crippen LogP contribution in [0.15, 0.2) is 47.2 Å². The van der Waals surface area contributed by atoms with Crippen LogP contribution in [0.5, 0.6) is 5.75 Å². The lowest BCUT2D eigenvalue weighted by Crippen LogP contribution is -2.28. The number of aryl methyl sites for hydroxylation is 1. The van der Waals surface area contributed by atoms with E-state index in [1.807, 2.05) is 48.7 Å². The predicted molar refractivity (Wildman–Crippen MR) is 94.4 cm³/mol. The third-order valence-electron chi connectivity index (χ3n) is 3.15. The number of nitrogens with one attached hydrogen (secondary N) is 1. The van der Waals surface area contributed by atoms with Crippen molar-refractivity contribution in [3.63, 3.8) is 0 Å². The summed E-state index contributed by atoms with van der Waals surface area (Å²) < 4.78 is 5.58. The van der Waals surface area contributed by atoms with Crippen LogP contribution in [-0.2, 0) is 0 Å². The molecule has 2 heterocycles. The maximum Gasteiger partial charge on any atom is 0.270 e. The lowest BCUT2D eigenvalue weighted by molar-refractivity contribution is 0.0943. The summed E-state index contributed by atoms with van der Waals surface area (Å²) in [6, 6.07) is 11.8. The van der Waals surface area contributed by atoms with Crippen LogP contribution in [0.4, 0.5) is 0 Å². The Bertz CT molecular complexity index is 764. The van der Waals surface area contributed by atoms with Gasteiger partial charge in [-0.05, 0) is 30.5 Å². The van der Waals surface area contributed by atoms with Crippen molar-refractivity contribution in [2.24, 2.45) is 0 Å². The number of carbonyl (C=O) groups excluding carboxylic acids is 1. The summed E-state index contributed by atoms with van der Waals surface area (Å²) in [6.07, 6.45) is 0. The maximum atomic E-state index is 12.1. The molecule has 0 radical (unpaired) electrons. The second-order valence-corrected chi connectivity index (χ2v) is 6.74. The number of thiophene rings is 1. The van der Waals surface area contributed by atoms with E-state index in [2.05, 4.69) is 10.3 Å². The zero-order valence-corrected chi connectivity index (χ0v) is 14.2. The molecule has 23 heavy (non-hydrogen) atoms. The molecule has 4 nitrogen and oxygen atoms in total. The molecule has 2 aromatic heterocycles. The fourth-order valence-corrected chi connectivity index (χ4v) is 3.56. The Balaban J connectivity index is 1.47. The van der Waals surface area contributed by atoms with Crippen LogP contribution in [0, 0.1) is 6.92 Å². The Kier molecular flexibility index (Phi) is 5.05. The van der Waals surface area contributed by atoms with Crippen LogP contribution in [-0.4, -0.2) is 24.0 Å². The molecule has 3 aromatic rings. The lowest BCUT2D eigenvalue weighted by Gasteiger charge is -2.07. The molecule has 0 spiro atoms. The number of rotatable bonds is 6. The highest BCUT2D eigenvalue weighted by Gasteiger charge is 2.11. The number of thiazole rings is 1. The Labute approximate surface area is 142 Å². The molecule has 0 aliphatic heterocycles. The van der Waals surface area contributed by atoms with Crippen LogP contribution in [0.25, 0.3) is 9.88 Å². The van der Waals surface area contributed by atoms with Gasteiger partial charge in [0.15, 0.2) is 0 Å². The van der Waals surface area contributed by atoms with Gasteiger partial charge in [-0.2, -0.15) is 0 Å². The van der Waals surface area contributed by atoms with Crippen LogP contribution >= 0.6 is 22.7 Å². The van der Waals surface area contributed by atoms with E-state index in [1.54, 1.807) is 16.7 Å². The van der Waals surface area contributed by atoms with Gasteiger partial charge in [0.05, 0.1) is 11.4 Å². The van der Waals surface area contributed by atoms with Gasteiger partial charge in [0.2, 0.25) is 0 Å². The van der Waals surface area contributed by atoms with Crippen LogP contribution in [0.3, 0.4) is 0 Å². The fraction of sp³-hybridized carbons (Fsp3) is 0.176. The van der Waals surface area contributed by atoms with Crippen molar-refractivity contribution < 1.29 is 9.53 Å². The first-order chi connectivity index (χ1) is 11.2. The van der Waals surface area contributed by atoms with Crippen molar-refractivity contribution in [2.75, 3.05) is 13.2 Å². The number of aromatic nitrogens is 1. The molecule has 6 heteroatoms. The number of hydrogen-bond donors (Lipinski definition) is 1. The van der Waals surface area contributed by atoms with Gasteiger partial charge >= 0.3 is 0 Å². The molecule has 0 bridgehead atoms. The summed E-state index contributed by atoms with van der Waals surface area (Å²) in [5, 5.41) is 7.48. The molecule has 0 saturated heterocycles. The Hall–Kier alpha value is -2.18. The fourth-order valence-electron chi connectivity index (χ4n) is 1.95. The second kappa shape index (κ2) is 7.39. The second-order valence-electron chi connectivity index (χ2n) is 4.93. The van der Waals surface area contributed by atoms with Crippen LogP contribution in [0.2, 0.25) is 0 Å². The summed E-state index contributed by atoms with van der Waals surface area (Å²) >= 11 is 3.10. The van der Waals surface area contributed by atoms with E-state index in [4.69, 9.17) is 4.74 Å². The number of hydrogen-bond acceptors (Lipinski definition) is 5. The minimum atomic E-state index is -0.170. The van der Waals surface area contributed by atoms with E-state index in [9.17, 15) is 4.79 Å². The molecule has 0 saturated carbocycles. The van der Waals surface area contributed by atoms with Gasteiger partial charge in [-0.15, -0.1) is 22.7 Å². The molecule has 0 unspecified atom stereocenters. The third-order valence-corrected chi connectivity index (χ3v) is 5.03. The first kappa shape index (κ1) is 15.7. The number of nitrogens with zero attached hydrogens (tertiary/aromatic N) is 1. The summed E-state index contributed by atoms with van der Waals surface area (Å²) in [4.78, 5) is 17.5. The van der Waals surface area contributed by atoms with E-state index in [0.717, 1.165) is 15.6 Å². The SMILES string of the molecule is Cc1ccc(OCCNC(=O)c2csc(-c3cccs3)n2)cc1. The lowest BCUT2D eigenvalue weighted by atomic mass is 10.2. The largest absolute Gasteiger partial charge is 0.492 e. The van der Waals surface area contributed by atoms with Crippen molar-refractivity contribution in [3.8, 4) is 15.6 Å². The van der Waals surface area contributed by atoms with Crippen molar-refractivity contribution in [1.82, 2.24) is 10.3 Å². The van der Waals surface area contributed by atoms with Gasteiger partial charge in [-0.3, -0.25) is 4.79 Å².